The quantitative estimate of drug-likeness (QED) is 0.826. The molecular weight excluding hydrogens is 256 g/mol. The smallest absolute Gasteiger partial charge is 0.245 e. The molecule has 6 nitrogen and oxygen atoms in total. The van der Waals surface area contributed by atoms with Crippen LogP contribution >= 0.6 is 0 Å². The van der Waals surface area contributed by atoms with Crippen LogP contribution in [0.25, 0.3) is 0 Å². The van der Waals surface area contributed by atoms with Crippen LogP contribution in [0.4, 0.5) is 0 Å². The average Bonchev–Trinajstić information content (AvgIpc) is 2.58. The maximum Gasteiger partial charge on any atom is 0.245 e. The molecule has 1 heterocycles. The lowest BCUT2D eigenvalue weighted by atomic mass is 9.69. The first-order valence-electron chi connectivity index (χ1n) is 5.94. The Labute approximate surface area is 106 Å². The molecule has 7 heteroatoms. The van der Waals surface area contributed by atoms with E-state index in [4.69, 9.17) is 4.52 Å². The van der Waals surface area contributed by atoms with E-state index in [1.165, 1.54) is 0 Å². The minimum atomic E-state index is -3.62. The number of aliphatic hydroxyl groups is 1. The fraction of sp³-hybridized carbons (Fsp3) is 0.727. The molecule has 2 N–H and O–H groups in total. The van der Waals surface area contributed by atoms with Crippen LogP contribution in [-0.2, 0) is 10.0 Å². The summed E-state index contributed by atoms with van der Waals surface area (Å²) in [5, 5.41) is 12.9. The highest BCUT2D eigenvalue weighted by Crippen LogP contribution is 2.40. The number of nitrogens with zero attached hydrogens (tertiary/aromatic N) is 1. The van der Waals surface area contributed by atoms with Gasteiger partial charge in [-0.05, 0) is 26.7 Å². The summed E-state index contributed by atoms with van der Waals surface area (Å²) >= 11 is 0. The fourth-order valence-corrected chi connectivity index (χ4v) is 3.73. The summed E-state index contributed by atoms with van der Waals surface area (Å²) in [6.45, 7) is 3.43. The molecule has 1 saturated carbocycles. The lowest BCUT2D eigenvalue weighted by Gasteiger charge is -2.40. The Morgan fingerprint density at radius 3 is 2.50 bits per heavy atom. The lowest BCUT2D eigenvalue weighted by Crippen LogP contribution is -2.44. The predicted octanol–water partition coefficient (Wildman–Crippen LogP) is 0.732. The van der Waals surface area contributed by atoms with Gasteiger partial charge in [-0.25, -0.2) is 13.1 Å². The Morgan fingerprint density at radius 1 is 1.44 bits per heavy atom. The maximum atomic E-state index is 12.1. The van der Waals surface area contributed by atoms with Gasteiger partial charge in [-0.2, -0.15) is 0 Å². The van der Waals surface area contributed by atoms with Gasteiger partial charge in [0.15, 0.2) is 5.76 Å². The van der Waals surface area contributed by atoms with Gasteiger partial charge in [-0.15, -0.1) is 0 Å². The third kappa shape index (κ3) is 2.30. The van der Waals surface area contributed by atoms with Gasteiger partial charge in [0.05, 0.1) is 0 Å². The van der Waals surface area contributed by atoms with Crippen LogP contribution in [0.2, 0.25) is 0 Å². The van der Waals surface area contributed by atoms with Gasteiger partial charge in [0.1, 0.15) is 10.6 Å². The molecule has 1 aromatic heterocycles. The second-order valence-corrected chi connectivity index (χ2v) is 6.69. The van der Waals surface area contributed by atoms with Crippen molar-refractivity contribution >= 4 is 10.0 Å². The Balaban J connectivity index is 2.13. The molecule has 0 radical (unpaired) electrons. The van der Waals surface area contributed by atoms with Gasteiger partial charge >= 0.3 is 0 Å². The number of aromatic nitrogens is 1. The van der Waals surface area contributed by atoms with E-state index in [0.717, 1.165) is 19.3 Å². The molecule has 0 unspecified atom stereocenters. The summed E-state index contributed by atoms with van der Waals surface area (Å²) in [4.78, 5) is 0.106. The summed E-state index contributed by atoms with van der Waals surface area (Å²) in [6.07, 6.45) is 2.74. The minimum absolute atomic E-state index is 0.0110. The van der Waals surface area contributed by atoms with E-state index < -0.39 is 10.0 Å². The van der Waals surface area contributed by atoms with Gasteiger partial charge in [0.25, 0.3) is 0 Å². The van der Waals surface area contributed by atoms with E-state index in [9.17, 15) is 13.5 Å². The number of sulfonamides is 1. The molecule has 0 aliphatic heterocycles. The summed E-state index contributed by atoms with van der Waals surface area (Å²) < 4.78 is 31.7. The number of aryl methyl sites for hydroxylation is 2. The number of hydrogen-bond donors (Lipinski definition) is 2. The Hall–Kier alpha value is -0.920. The van der Waals surface area contributed by atoms with Crippen molar-refractivity contribution in [1.82, 2.24) is 9.88 Å². The first-order valence-corrected chi connectivity index (χ1v) is 7.42. The van der Waals surface area contributed by atoms with E-state index >= 15 is 0 Å². The Kier molecular flexibility index (Phi) is 3.48. The van der Waals surface area contributed by atoms with Gasteiger partial charge in [0.2, 0.25) is 10.0 Å². The first kappa shape index (κ1) is 13.5. The molecule has 1 aliphatic rings. The normalized spacial score (nSPS) is 18.6. The van der Waals surface area contributed by atoms with Gasteiger partial charge in [-0.1, -0.05) is 11.6 Å². The highest BCUT2D eigenvalue weighted by Gasteiger charge is 2.38. The van der Waals surface area contributed by atoms with Crippen molar-refractivity contribution in [2.75, 3.05) is 13.2 Å². The zero-order chi connectivity index (χ0) is 13.4. The average molecular weight is 274 g/mol. The summed E-state index contributed by atoms with van der Waals surface area (Å²) in [5.74, 6) is 0.284. The predicted molar refractivity (Wildman–Crippen MR) is 64.5 cm³/mol. The topological polar surface area (TPSA) is 92.4 Å². The van der Waals surface area contributed by atoms with Crippen LogP contribution in [-0.4, -0.2) is 31.8 Å². The Bertz CT molecular complexity index is 506. The van der Waals surface area contributed by atoms with Crippen LogP contribution in [0.3, 0.4) is 0 Å². The van der Waals surface area contributed by atoms with Crippen molar-refractivity contribution in [1.29, 1.82) is 0 Å². The molecule has 18 heavy (non-hydrogen) atoms. The zero-order valence-corrected chi connectivity index (χ0v) is 11.4. The number of rotatable bonds is 5. The van der Waals surface area contributed by atoms with Crippen molar-refractivity contribution < 1.29 is 18.0 Å². The van der Waals surface area contributed by atoms with Gasteiger partial charge < -0.3 is 9.63 Å². The van der Waals surface area contributed by atoms with E-state index in [2.05, 4.69) is 9.88 Å². The largest absolute Gasteiger partial charge is 0.396 e. The van der Waals surface area contributed by atoms with Crippen molar-refractivity contribution in [2.45, 2.75) is 38.0 Å². The fourth-order valence-electron chi connectivity index (χ4n) is 2.25. The molecule has 0 bridgehead atoms. The van der Waals surface area contributed by atoms with Crippen molar-refractivity contribution in [2.24, 2.45) is 5.41 Å². The molecule has 0 amide bonds. The molecule has 2 rings (SSSR count). The second-order valence-electron chi connectivity index (χ2n) is 4.99. The van der Waals surface area contributed by atoms with E-state index in [1.807, 2.05) is 0 Å². The van der Waals surface area contributed by atoms with Crippen LogP contribution in [0, 0.1) is 19.3 Å². The standard InChI is InChI=1S/C11H18N2O4S/c1-8-10(9(2)17-13-8)18(15,16)12-6-11(7-14)4-3-5-11/h12,14H,3-7H2,1-2H3. The van der Waals surface area contributed by atoms with Crippen molar-refractivity contribution in [3.8, 4) is 0 Å². The summed E-state index contributed by atoms with van der Waals surface area (Å²) in [7, 11) is -3.62. The van der Waals surface area contributed by atoms with Gasteiger partial charge in [-0.3, -0.25) is 0 Å². The monoisotopic (exact) mass is 274 g/mol. The van der Waals surface area contributed by atoms with E-state index in [-0.39, 0.29) is 29.2 Å². The van der Waals surface area contributed by atoms with E-state index in [1.54, 1.807) is 13.8 Å². The van der Waals surface area contributed by atoms with Gasteiger partial charge in [0, 0.05) is 18.6 Å². The third-order valence-electron chi connectivity index (χ3n) is 3.62. The Morgan fingerprint density at radius 2 is 2.11 bits per heavy atom. The summed E-state index contributed by atoms with van der Waals surface area (Å²) in [6, 6.07) is 0. The van der Waals surface area contributed by atoms with Crippen molar-refractivity contribution in [3.63, 3.8) is 0 Å². The van der Waals surface area contributed by atoms with Crippen LogP contribution in [0.1, 0.15) is 30.7 Å². The number of hydrogen-bond acceptors (Lipinski definition) is 5. The molecule has 0 saturated heterocycles. The number of nitrogens with one attached hydrogen (secondary N) is 1. The molecule has 0 spiro atoms. The minimum Gasteiger partial charge on any atom is -0.396 e. The summed E-state index contributed by atoms with van der Waals surface area (Å²) in [5.41, 5.74) is 0.0677. The van der Waals surface area contributed by atoms with E-state index in [0.29, 0.717) is 5.69 Å². The molecule has 1 aromatic rings. The second kappa shape index (κ2) is 4.64. The SMILES string of the molecule is Cc1noc(C)c1S(=O)(=O)NCC1(CO)CCC1. The molecule has 0 aromatic carbocycles. The van der Waals surface area contributed by atoms with Crippen molar-refractivity contribution in [3.05, 3.63) is 11.5 Å². The van der Waals surface area contributed by atoms with Crippen LogP contribution < -0.4 is 4.72 Å². The van der Waals surface area contributed by atoms with Crippen LogP contribution in [0.15, 0.2) is 9.42 Å². The first-order chi connectivity index (χ1) is 8.40. The zero-order valence-electron chi connectivity index (χ0n) is 10.6. The molecular formula is C11H18N2O4S. The highest BCUT2D eigenvalue weighted by atomic mass is 32.2. The van der Waals surface area contributed by atoms with Crippen LogP contribution in [0.5, 0.6) is 0 Å². The molecule has 1 fully saturated rings. The third-order valence-corrected chi connectivity index (χ3v) is 5.27. The molecule has 102 valence electrons. The molecule has 1 aliphatic carbocycles. The highest BCUT2D eigenvalue weighted by molar-refractivity contribution is 7.89. The maximum absolute atomic E-state index is 12.1. The number of aliphatic hydroxyl groups excluding tert-OH is 1. The lowest BCUT2D eigenvalue weighted by molar-refractivity contribution is 0.0499. The molecule has 0 atom stereocenters.